The Morgan fingerprint density at radius 2 is 2.15 bits per heavy atom. The smallest absolute Gasteiger partial charge is 0.334 e. The number of carbonyl (C=O) groups excluding carboxylic acids is 1. The van der Waals surface area contributed by atoms with Crippen LogP contribution in [0, 0.1) is 0 Å². The summed E-state index contributed by atoms with van der Waals surface area (Å²) < 4.78 is 7.20. The maximum Gasteiger partial charge on any atom is 0.334 e. The molecule has 2 N–H and O–H groups in total. The Morgan fingerprint density at radius 1 is 1.38 bits per heavy atom. The van der Waals surface area contributed by atoms with E-state index in [1.54, 1.807) is 36.0 Å². The lowest BCUT2D eigenvalue weighted by Crippen LogP contribution is -2.32. The molecule has 136 valence electrons. The van der Waals surface area contributed by atoms with Crippen LogP contribution in [0.4, 0.5) is 5.82 Å². The molecule has 3 rings (SSSR count). The van der Waals surface area contributed by atoms with Gasteiger partial charge >= 0.3 is 5.69 Å². The number of carbonyl (C=O) groups is 1. The fourth-order valence-electron chi connectivity index (χ4n) is 2.28. The topological polar surface area (TPSA) is 106 Å². The zero-order valence-electron chi connectivity index (χ0n) is 13.9. The quantitative estimate of drug-likeness (QED) is 0.795. The van der Waals surface area contributed by atoms with E-state index in [9.17, 15) is 14.4 Å². The van der Waals surface area contributed by atoms with Crippen molar-refractivity contribution in [3.8, 4) is 11.4 Å². The fraction of sp³-hybridized carbons (Fsp3) is 0.250. The molecule has 10 heteroatoms. The first kappa shape index (κ1) is 18.3. The van der Waals surface area contributed by atoms with Gasteiger partial charge in [0.25, 0.3) is 5.56 Å². The Balaban J connectivity index is 1.84. The molecule has 0 saturated heterocycles. The summed E-state index contributed by atoms with van der Waals surface area (Å²) in [5, 5.41) is 2.63. The molecule has 1 amide bonds. The van der Waals surface area contributed by atoms with E-state index in [1.165, 1.54) is 29.5 Å². The van der Waals surface area contributed by atoms with Gasteiger partial charge in [-0.2, -0.15) is 0 Å². The third-order valence-electron chi connectivity index (χ3n) is 3.42. The normalized spacial score (nSPS) is 13.3. The van der Waals surface area contributed by atoms with Gasteiger partial charge in [0.05, 0.1) is 25.1 Å². The molecular formula is C16H16N4O4S2. The third-order valence-corrected chi connectivity index (χ3v) is 5.68. The Bertz CT molecular complexity index is 950. The second-order valence-corrected chi connectivity index (χ2v) is 7.50. The molecule has 1 aromatic heterocycles. The lowest BCUT2D eigenvalue weighted by Gasteiger charge is -2.13. The number of hydrogen-bond donors (Lipinski definition) is 2. The van der Waals surface area contributed by atoms with Crippen molar-refractivity contribution in [2.45, 2.75) is 0 Å². The molecule has 8 nitrogen and oxygen atoms in total. The Hall–Kier alpha value is -2.46. The van der Waals surface area contributed by atoms with Crippen LogP contribution in [0.1, 0.15) is 0 Å². The number of aliphatic imine (C=N–C) groups is 1. The molecule has 1 aliphatic rings. The largest absolute Gasteiger partial charge is 0.497 e. The molecule has 2 aromatic rings. The maximum absolute atomic E-state index is 12.3. The van der Waals surface area contributed by atoms with Gasteiger partial charge in [-0.3, -0.25) is 19.6 Å². The van der Waals surface area contributed by atoms with Gasteiger partial charge in [0.1, 0.15) is 15.9 Å². The highest BCUT2D eigenvalue weighted by molar-refractivity contribution is 8.39. The van der Waals surface area contributed by atoms with Gasteiger partial charge in [0.15, 0.2) is 0 Å². The fourth-order valence-corrected chi connectivity index (χ4v) is 4.09. The number of amides is 1. The molecule has 2 heterocycles. The number of aromatic amines is 1. The van der Waals surface area contributed by atoms with Crippen molar-refractivity contribution in [3.05, 3.63) is 51.2 Å². The van der Waals surface area contributed by atoms with Gasteiger partial charge in [-0.25, -0.2) is 9.36 Å². The number of H-pyrrole nitrogens is 1. The first-order valence-electron chi connectivity index (χ1n) is 7.67. The number of thioether (sulfide) groups is 2. The number of rotatable bonds is 5. The Kier molecular flexibility index (Phi) is 5.84. The number of nitrogens with zero attached hydrogens (tertiary/aromatic N) is 2. The van der Waals surface area contributed by atoms with Crippen LogP contribution in [0.15, 0.2) is 44.9 Å². The number of benzene rings is 1. The van der Waals surface area contributed by atoms with Crippen molar-refractivity contribution in [1.29, 1.82) is 0 Å². The summed E-state index contributed by atoms with van der Waals surface area (Å²) >= 11 is 2.95. The first-order valence-corrected chi connectivity index (χ1v) is 9.64. The molecule has 0 spiro atoms. The minimum atomic E-state index is -0.638. The van der Waals surface area contributed by atoms with Crippen molar-refractivity contribution in [2.75, 3.05) is 30.5 Å². The van der Waals surface area contributed by atoms with Gasteiger partial charge in [0, 0.05) is 11.8 Å². The second-order valence-electron chi connectivity index (χ2n) is 5.19. The zero-order chi connectivity index (χ0) is 18.5. The minimum Gasteiger partial charge on any atom is -0.497 e. The van der Waals surface area contributed by atoms with Crippen molar-refractivity contribution in [2.24, 2.45) is 4.99 Å². The van der Waals surface area contributed by atoms with E-state index in [0.29, 0.717) is 11.4 Å². The predicted molar refractivity (Wildman–Crippen MR) is 105 cm³/mol. The first-order chi connectivity index (χ1) is 12.6. The van der Waals surface area contributed by atoms with E-state index in [-0.39, 0.29) is 17.5 Å². The number of ether oxygens (including phenoxy) is 1. The molecule has 1 aliphatic heterocycles. The third kappa shape index (κ3) is 4.38. The average molecular weight is 392 g/mol. The molecular weight excluding hydrogens is 376 g/mol. The monoisotopic (exact) mass is 392 g/mol. The van der Waals surface area contributed by atoms with E-state index < -0.39 is 11.2 Å². The maximum atomic E-state index is 12.3. The molecule has 0 saturated carbocycles. The van der Waals surface area contributed by atoms with Crippen LogP contribution in [0.3, 0.4) is 0 Å². The van der Waals surface area contributed by atoms with Crippen molar-refractivity contribution in [1.82, 2.24) is 9.55 Å². The van der Waals surface area contributed by atoms with Crippen molar-refractivity contribution < 1.29 is 9.53 Å². The summed E-state index contributed by atoms with van der Waals surface area (Å²) in [6.45, 7) is 0.764. The molecule has 0 fully saturated rings. The average Bonchev–Trinajstić information content (AvgIpc) is 3.13. The lowest BCUT2D eigenvalue weighted by molar-refractivity contribution is -0.113. The summed E-state index contributed by atoms with van der Waals surface area (Å²) in [4.78, 5) is 42.6. The predicted octanol–water partition coefficient (Wildman–Crippen LogP) is 1.31. The standard InChI is InChI=1S/C16H16N4O4S2/c1-24-11-4-2-10(3-5-11)20-12(8-13(21)19-15(20)23)18-14(22)9-26-16-17-6-7-25-16/h2-5,8H,6-7,9H2,1H3,(H,18,22)(H,19,21,23). The summed E-state index contributed by atoms with van der Waals surface area (Å²) in [5.41, 5.74) is -0.731. The lowest BCUT2D eigenvalue weighted by atomic mass is 10.3. The number of nitrogens with one attached hydrogen (secondary N) is 2. The van der Waals surface area contributed by atoms with E-state index in [1.807, 2.05) is 0 Å². The number of aromatic nitrogens is 2. The molecule has 0 unspecified atom stereocenters. The Labute approximate surface area is 157 Å². The second kappa shape index (κ2) is 8.28. The van der Waals surface area contributed by atoms with Crippen molar-refractivity contribution >= 4 is 39.6 Å². The van der Waals surface area contributed by atoms with Gasteiger partial charge in [-0.05, 0) is 24.3 Å². The van der Waals surface area contributed by atoms with E-state index in [2.05, 4.69) is 15.3 Å². The molecule has 0 radical (unpaired) electrons. The van der Waals surface area contributed by atoms with Crippen LogP contribution in [0.2, 0.25) is 0 Å². The highest BCUT2D eigenvalue weighted by Crippen LogP contribution is 2.22. The highest BCUT2D eigenvalue weighted by Gasteiger charge is 2.14. The summed E-state index contributed by atoms with van der Waals surface area (Å²) in [6, 6.07) is 7.86. The molecule has 0 aliphatic carbocycles. The SMILES string of the molecule is COc1ccc(-n2c(NC(=O)CSC3=NCCS3)cc(=O)[nH]c2=O)cc1. The van der Waals surface area contributed by atoms with Gasteiger partial charge in [0.2, 0.25) is 5.91 Å². The van der Waals surface area contributed by atoms with Crippen molar-refractivity contribution in [3.63, 3.8) is 0 Å². The molecule has 0 atom stereocenters. The van der Waals surface area contributed by atoms with Crippen LogP contribution in [-0.4, -0.2) is 45.0 Å². The number of hydrogen-bond acceptors (Lipinski definition) is 7. The van der Waals surface area contributed by atoms with Gasteiger partial charge < -0.3 is 10.1 Å². The van der Waals surface area contributed by atoms with Crippen LogP contribution in [-0.2, 0) is 4.79 Å². The molecule has 0 bridgehead atoms. The van der Waals surface area contributed by atoms with Crippen LogP contribution in [0.5, 0.6) is 5.75 Å². The van der Waals surface area contributed by atoms with E-state index in [0.717, 1.165) is 16.7 Å². The van der Waals surface area contributed by atoms with E-state index in [4.69, 9.17) is 4.74 Å². The minimum absolute atomic E-state index is 0.107. The van der Waals surface area contributed by atoms with E-state index >= 15 is 0 Å². The summed E-state index contributed by atoms with van der Waals surface area (Å²) in [7, 11) is 1.54. The zero-order valence-corrected chi connectivity index (χ0v) is 15.5. The van der Waals surface area contributed by atoms with Gasteiger partial charge in [-0.15, -0.1) is 0 Å². The molecule has 1 aromatic carbocycles. The number of methoxy groups -OCH3 is 1. The number of anilines is 1. The summed E-state index contributed by atoms with van der Waals surface area (Å²) in [5.74, 6) is 1.49. The summed E-state index contributed by atoms with van der Waals surface area (Å²) in [6.07, 6.45) is 0. The van der Waals surface area contributed by atoms with Gasteiger partial charge in [-0.1, -0.05) is 23.5 Å². The van der Waals surface area contributed by atoms with Crippen LogP contribution in [0.25, 0.3) is 5.69 Å². The van der Waals surface area contributed by atoms with Crippen LogP contribution >= 0.6 is 23.5 Å². The highest BCUT2D eigenvalue weighted by atomic mass is 32.2. The Morgan fingerprint density at radius 3 is 2.81 bits per heavy atom. The van der Waals surface area contributed by atoms with Crippen LogP contribution < -0.4 is 21.3 Å². The molecule has 26 heavy (non-hydrogen) atoms.